The monoisotopic (exact) mass is 525 g/mol. The van der Waals surface area contributed by atoms with Crippen LogP contribution < -0.4 is 31.9 Å². The highest BCUT2D eigenvalue weighted by Gasteiger charge is 2.09. The van der Waals surface area contributed by atoms with Gasteiger partial charge in [0.2, 0.25) is 35.6 Å². The number of hydrogen-bond acceptors (Lipinski definition) is 9. The van der Waals surface area contributed by atoms with Gasteiger partial charge in [0, 0.05) is 54.9 Å². The van der Waals surface area contributed by atoms with Crippen molar-refractivity contribution >= 4 is 69.7 Å². The molecule has 198 valence electrons. The first-order valence-electron chi connectivity index (χ1n) is 11.9. The molecule has 0 aliphatic rings. The van der Waals surface area contributed by atoms with E-state index in [9.17, 15) is 14.4 Å². The molecule has 0 saturated heterocycles. The minimum absolute atomic E-state index is 0.158. The summed E-state index contributed by atoms with van der Waals surface area (Å²) in [4.78, 5) is 47.3. The van der Waals surface area contributed by atoms with Crippen LogP contribution in [-0.4, -0.2) is 32.7 Å². The Morgan fingerprint density at radius 1 is 0.410 bits per heavy atom. The summed E-state index contributed by atoms with van der Waals surface area (Å²) >= 11 is 0. The van der Waals surface area contributed by atoms with Crippen LogP contribution in [0.15, 0.2) is 72.8 Å². The van der Waals surface area contributed by atoms with Crippen LogP contribution in [-0.2, 0) is 14.4 Å². The fraction of sp³-hybridized carbons (Fsp3) is 0.111. The van der Waals surface area contributed by atoms with Gasteiger partial charge in [-0.15, -0.1) is 0 Å². The highest BCUT2D eigenvalue weighted by atomic mass is 16.2. The molecule has 1 heterocycles. The quantitative estimate of drug-likeness (QED) is 0.177. The molecule has 0 radical (unpaired) electrons. The number of rotatable bonds is 9. The van der Waals surface area contributed by atoms with E-state index in [4.69, 9.17) is 0 Å². The Kier molecular flexibility index (Phi) is 8.27. The number of nitrogens with one attached hydrogen (secondary N) is 6. The zero-order chi connectivity index (χ0) is 27.8. The summed E-state index contributed by atoms with van der Waals surface area (Å²) in [5.74, 6) is 0.338. The summed E-state index contributed by atoms with van der Waals surface area (Å²) in [6.45, 7) is 4.34. The molecule has 0 fully saturated rings. The van der Waals surface area contributed by atoms with E-state index in [-0.39, 0.29) is 35.6 Å². The zero-order valence-corrected chi connectivity index (χ0v) is 21.5. The van der Waals surface area contributed by atoms with Crippen molar-refractivity contribution in [3.63, 3.8) is 0 Å². The van der Waals surface area contributed by atoms with Crippen LogP contribution in [0.25, 0.3) is 0 Å². The lowest BCUT2D eigenvalue weighted by atomic mass is 10.2. The van der Waals surface area contributed by atoms with Crippen molar-refractivity contribution < 1.29 is 14.4 Å². The molecule has 0 atom stereocenters. The molecule has 0 unspecified atom stereocenters. The van der Waals surface area contributed by atoms with Gasteiger partial charge in [-0.25, -0.2) is 0 Å². The average molecular weight is 526 g/mol. The van der Waals surface area contributed by atoms with Crippen LogP contribution >= 0.6 is 0 Å². The zero-order valence-electron chi connectivity index (χ0n) is 21.5. The maximum Gasteiger partial charge on any atom is 0.233 e. The fourth-order valence-corrected chi connectivity index (χ4v) is 3.45. The second kappa shape index (κ2) is 12.1. The lowest BCUT2D eigenvalue weighted by molar-refractivity contribution is -0.115. The molecule has 1 aromatic heterocycles. The topological polar surface area (TPSA) is 162 Å². The number of anilines is 9. The molecule has 12 nitrogen and oxygen atoms in total. The fourth-order valence-electron chi connectivity index (χ4n) is 3.45. The number of benzene rings is 3. The third-order valence-corrected chi connectivity index (χ3v) is 5.02. The average Bonchev–Trinajstić information content (AvgIpc) is 2.87. The third-order valence-electron chi connectivity index (χ3n) is 5.02. The molecule has 0 aliphatic carbocycles. The number of hydrogen-bond donors (Lipinski definition) is 6. The molecule has 3 amide bonds. The largest absolute Gasteiger partial charge is 0.326 e. The molecule has 12 heteroatoms. The molecular formula is C27H27N9O3. The van der Waals surface area contributed by atoms with Crippen molar-refractivity contribution in [1.29, 1.82) is 0 Å². The van der Waals surface area contributed by atoms with Crippen LogP contribution in [0.5, 0.6) is 0 Å². The van der Waals surface area contributed by atoms with E-state index in [0.29, 0.717) is 34.1 Å². The standard InChI is InChI=1S/C27H27N9O3/c1-16(37)28-19-4-10-22(11-5-19)31-25-34-26(32-23-12-6-20(7-13-23)29-17(2)38)36-27(35-25)33-24-14-8-21(9-15-24)30-18(3)39/h4-15H,1-3H3,(H,28,37)(H,29,38)(H,30,39)(H3,31,32,33,34,35,36). The second-order valence-electron chi connectivity index (χ2n) is 8.46. The van der Waals surface area contributed by atoms with Gasteiger partial charge >= 0.3 is 0 Å². The minimum Gasteiger partial charge on any atom is -0.326 e. The van der Waals surface area contributed by atoms with E-state index in [1.165, 1.54) is 20.8 Å². The van der Waals surface area contributed by atoms with Gasteiger partial charge in [0.25, 0.3) is 0 Å². The van der Waals surface area contributed by atoms with Crippen LogP contribution in [0, 0.1) is 0 Å². The minimum atomic E-state index is -0.158. The number of nitrogens with zero attached hydrogens (tertiary/aromatic N) is 3. The molecule has 0 saturated carbocycles. The summed E-state index contributed by atoms with van der Waals surface area (Å²) in [6.07, 6.45) is 0. The Labute approximate surface area is 224 Å². The van der Waals surface area contributed by atoms with Gasteiger partial charge in [-0.1, -0.05) is 0 Å². The summed E-state index contributed by atoms with van der Waals surface area (Å²) in [7, 11) is 0. The van der Waals surface area contributed by atoms with Gasteiger partial charge in [-0.2, -0.15) is 15.0 Å². The number of carbonyl (C=O) groups is 3. The maximum absolute atomic E-state index is 11.3. The molecule has 3 aromatic carbocycles. The Hall–Kier alpha value is -5.52. The Balaban J connectivity index is 1.57. The van der Waals surface area contributed by atoms with Gasteiger partial charge in [-0.05, 0) is 72.8 Å². The molecule has 39 heavy (non-hydrogen) atoms. The van der Waals surface area contributed by atoms with Gasteiger partial charge < -0.3 is 31.9 Å². The van der Waals surface area contributed by atoms with Crippen molar-refractivity contribution in [2.24, 2.45) is 0 Å². The van der Waals surface area contributed by atoms with E-state index in [2.05, 4.69) is 46.9 Å². The Morgan fingerprint density at radius 2 is 0.615 bits per heavy atom. The highest BCUT2D eigenvalue weighted by Crippen LogP contribution is 2.23. The molecular weight excluding hydrogens is 498 g/mol. The lowest BCUT2D eigenvalue weighted by Gasteiger charge is -2.12. The highest BCUT2D eigenvalue weighted by molar-refractivity contribution is 5.90. The predicted octanol–water partition coefficient (Wildman–Crippen LogP) is 4.98. The third kappa shape index (κ3) is 8.25. The Bertz CT molecular complexity index is 1280. The van der Waals surface area contributed by atoms with Crippen molar-refractivity contribution in [2.75, 3.05) is 31.9 Å². The van der Waals surface area contributed by atoms with E-state index in [1.807, 2.05) is 0 Å². The van der Waals surface area contributed by atoms with Gasteiger partial charge in [0.05, 0.1) is 0 Å². The van der Waals surface area contributed by atoms with E-state index in [0.717, 1.165) is 0 Å². The first kappa shape index (κ1) is 26.5. The second-order valence-corrected chi connectivity index (χ2v) is 8.46. The van der Waals surface area contributed by atoms with Crippen LogP contribution in [0.1, 0.15) is 20.8 Å². The Morgan fingerprint density at radius 3 is 0.821 bits per heavy atom. The van der Waals surface area contributed by atoms with E-state index < -0.39 is 0 Å². The summed E-state index contributed by atoms with van der Waals surface area (Å²) in [5.41, 5.74) is 4.10. The number of amides is 3. The van der Waals surface area contributed by atoms with Crippen LogP contribution in [0.4, 0.5) is 52.0 Å². The van der Waals surface area contributed by atoms with Crippen molar-refractivity contribution in [2.45, 2.75) is 20.8 Å². The van der Waals surface area contributed by atoms with Crippen molar-refractivity contribution in [3.8, 4) is 0 Å². The van der Waals surface area contributed by atoms with Crippen molar-refractivity contribution in [3.05, 3.63) is 72.8 Å². The molecule has 0 aliphatic heterocycles. The molecule has 0 bridgehead atoms. The van der Waals surface area contributed by atoms with Gasteiger partial charge in [0.1, 0.15) is 0 Å². The van der Waals surface area contributed by atoms with E-state index in [1.54, 1.807) is 72.8 Å². The lowest BCUT2D eigenvalue weighted by Crippen LogP contribution is -2.08. The molecule has 4 aromatic rings. The first-order valence-corrected chi connectivity index (χ1v) is 11.9. The summed E-state index contributed by atoms with van der Waals surface area (Å²) in [5, 5.41) is 17.6. The number of carbonyl (C=O) groups excluding carboxylic acids is 3. The SMILES string of the molecule is CC(=O)Nc1ccc(Nc2nc(Nc3ccc(NC(C)=O)cc3)nc(Nc3ccc(NC(C)=O)cc3)n2)cc1. The van der Waals surface area contributed by atoms with Crippen LogP contribution in [0.2, 0.25) is 0 Å². The number of aromatic nitrogens is 3. The normalized spacial score (nSPS) is 10.2. The van der Waals surface area contributed by atoms with Crippen LogP contribution in [0.3, 0.4) is 0 Å². The van der Waals surface area contributed by atoms with Gasteiger partial charge in [-0.3, -0.25) is 14.4 Å². The molecule has 4 rings (SSSR count). The predicted molar refractivity (Wildman–Crippen MR) is 152 cm³/mol. The smallest absolute Gasteiger partial charge is 0.233 e. The molecule has 0 spiro atoms. The van der Waals surface area contributed by atoms with E-state index >= 15 is 0 Å². The first-order chi connectivity index (χ1) is 18.7. The van der Waals surface area contributed by atoms with Crippen molar-refractivity contribution in [1.82, 2.24) is 15.0 Å². The summed E-state index contributed by atoms with van der Waals surface area (Å²) in [6, 6.07) is 21.3. The summed E-state index contributed by atoms with van der Waals surface area (Å²) < 4.78 is 0. The maximum atomic E-state index is 11.3. The molecule has 6 N–H and O–H groups in total. The van der Waals surface area contributed by atoms with Gasteiger partial charge in [0.15, 0.2) is 0 Å².